The summed E-state index contributed by atoms with van der Waals surface area (Å²) in [6.07, 6.45) is 8.58. The fourth-order valence-electron chi connectivity index (χ4n) is 3.72. The van der Waals surface area contributed by atoms with Crippen LogP contribution in [0.5, 0.6) is 0 Å². The third-order valence-corrected chi connectivity index (χ3v) is 6.06. The molecule has 4 heteroatoms. The second-order valence-electron chi connectivity index (χ2n) is 8.32. The van der Waals surface area contributed by atoms with Crippen LogP contribution < -0.4 is 0 Å². The van der Waals surface area contributed by atoms with Crippen LogP contribution in [0.15, 0.2) is 66.9 Å². The van der Waals surface area contributed by atoms with Crippen LogP contribution in [-0.2, 0) is 0 Å². The molecule has 0 atom stereocenters. The standard InChI is InChI=1S/C28H26ClFN2/c1-21-14-17-32(18-15-21)16-2-3-22-4-6-23(7-5-22)8-13-28-27(30)19-25(20-31-28)24-9-11-26(29)12-10-24/h2-7,9-12,19-21H,14-18H2,1H3. The van der Waals surface area contributed by atoms with E-state index >= 15 is 0 Å². The van der Waals surface area contributed by atoms with Gasteiger partial charge in [-0.15, -0.1) is 0 Å². The number of halogens is 2. The average molecular weight is 445 g/mol. The summed E-state index contributed by atoms with van der Waals surface area (Å²) in [6.45, 7) is 5.69. The normalized spacial score (nSPS) is 15.0. The lowest BCUT2D eigenvalue weighted by molar-refractivity contribution is 0.210. The summed E-state index contributed by atoms with van der Waals surface area (Å²) in [7, 11) is 0. The number of hydrogen-bond acceptors (Lipinski definition) is 2. The van der Waals surface area contributed by atoms with Crippen LogP contribution in [0.2, 0.25) is 5.02 Å². The van der Waals surface area contributed by atoms with E-state index in [9.17, 15) is 4.39 Å². The Kier molecular flexibility index (Phi) is 7.37. The number of benzene rings is 2. The van der Waals surface area contributed by atoms with Gasteiger partial charge in [0, 0.05) is 28.9 Å². The van der Waals surface area contributed by atoms with Gasteiger partial charge in [0.05, 0.1) is 0 Å². The smallest absolute Gasteiger partial charge is 0.158 e. The van der Waals surface area contributed by atoms with Gasteiger partial charge in [0.2, 0.25) is 0 Å². The van der Waals surface area contributed by atoms with Crippen molar-refractivity contribution in [3.63, 3.8) is 0 Å². The fourth-order valence-corrected chi connectivity index (χ4v) is 3.85. The van der Waals surface area contributed by atoms with E-state index in [4.69, 9.17) is 11.6 Å². The molecule has 0 saturated carbocycles. The van der Waals surface area contributed by atoms with E-state index in [0.717, 1.165) is 29.2 Å². The molecule has 0 aliphatic carbocycles. The number of pyridine rings is 1. The zero-order valence-electron chi connectivity index (χ0n) is 18.2. The zero-order chi connectivity index (χ0) is 22.3. The summed E-state index contributed by atoms with van der Waals surface area (Å²) < 4.78 is 14.5. The van der Waals surface area contributed by atoms with Crippen molar-refractivity contribution in [3.05, 3.63) is 94.5 Å². The average Bonchev–Trinajstić information content (AvgIpc) is 2.81. The minimum atomic E-state index is -0.434. The van der Waals surface area contributed by atoms with Gasteiger partial charge in [-0.3, -0.25) is 4.90 Å². The molecule has 3 aromatic rings. The molecule has 0 radical (unpaired) electrons. The van der Waals surface area contributed by atoms with Gasteiger partial charge in [0.25, 0.3) is 0 Å². The Morgan fingerprint density at radius 3 is 2.44 bits per heavy atom. The van der Waals surface area contributed by atoms with Gasteiger partial charge in [-0.2, -0.15) is 0 Å². The lowest BCUT2D eigenvalue weighted by Gasteiger charge is -2.29. The Labute approximate surface area is 194 Å². The van der Waals surface area contributed by atoms with Crippen LogP contribution >= 0.6 is 11.6 Å². The Balaban J connectivity index is 1.37. The molecule has 162 valence electrons. The highest BCUT2D eigenvalue weighted by molar-refractivity contribution is 6.30. The van der Waals surface area contributed by atoms with Gasteiger partial charge in [0.15, 0.2) is 5.82 Å². The molecule has 32 heavy (non-hydrogen) atoms. The molecule has 1 aromatic heterocycles. The van der Waals surface area contributed by atoms with Crippen LogP contribution in [0.25, 0.3) is 17.2 Å². The Hall–Kier alpha value is -2.93. The quantitative estimate of drug-likeness (QED) is 0.417. The van der Waals surface area contributed by atoms with Crippen LogP contribution in [0.1, 0.15) is 36.6 Å². The predicted molar refractivity (Wildman–Crippen MR) is 131 cm³/mol. The number of hydrogen-bond donors (Lipinski definition) is 0. The van der Waals surface area contributed by atoms with Gasteiger partial charge < -0.3 is 0 Å². The largest absolute Gasteiger partial charge is 0.300 e. The number of nitrogens with zero attached hydrogens (tertiary/aromatic N) is 2. The molecule has 0 N–H and O–H groups in total. The first-order valence-electron chi connectivity index (χ1n) is 11.0. The maximum absolute atomic E-state index is 14.5. The molecule has 2 heterocycles. The Morgan fingerprint density at radius 1 is 1.03 bits per heavy atom. The van der Waals surface area contributed by atoms with Crippen molar-refractivity contribution < 1.29 is 4.39 Å². The van der Waals surface area contributed by atoms with Gasteiger partial charge in [-0.1, -0.05) is 60.9 Å². The fraction of sp³-hybridized carbons (Fsp3) is 0.250. The molecule has 0 amide bonds. The highest BCUT2D eigenvalue weighted by Crippen LogP contribution is 2.22. The first kappa shape index (κ1) is 22.3. The summed E-state index contributed by atoms with van der Waals surface area (Å²) in [5, 5.41) is 0.642. The monoisotopic (exact) mass is 444 g/mol. The minimum absolute atomic E-state index is 0.141. The molecular formula is C28H26ClFN2. The molecule has 0 bridgehead atoms. The third kappa shape index (κ3) is 6.07. The topological polar surface area (TPSA) is 16.1 Å². The van der Waals surface area contributed by atoms with Crippen molar-refractivity contribution >= 4 is 17.7 Å². The first-order chi connectivity index (χ1) is 15.6. The molecule has 2 nitrogen and oxygen atoms in total. The van der Waals surface area contributed by atoms with Crippen LogP contribution in [0.4, 0.5) is 4.39 Å². The van der Waals surface area contributed by atoms with Crippen molar-refractivity contribution in [2.45, 2.75) is 19.8 Å². The second-order valence-corrected chi connectivity index (χ2v) is 8.76. The Bertz CT molecular complexity index is 1130. The second kappa shape index (κ2) is 10.6. The van der Waals surface area contributed by atoms with Gasteiger partial charge in [-0.25, -0.2) is 9.37 Å². The summed E-state index contributed by atoms with van der Waals surface area (Å²) in [4.78, 5) is 6.70. The predicted octanol–water partition coefficient (Wildman–Crippen LogP) is 6.69. The van der Waals surface area contributed by atoms with E-state index in [1.807, 2.05) is 36.4 Å². The SMILES string of the molecule is CC1CCN(CC=Cc2ccc(C#Cc3ncc(-c4ccc(Cl)cc4)cc3F)cc2)CC1. The van der Waals surface area contributed by atoms with Crippen molar-refractivity contribution in [2.24, 2.45) is 5.92 Å². The van der Waals surface area contributed by atoms with Crippen LogP contribution in [0, 0.1) is 23.6 Å². The number of rotatable bonds is 4. The lowest BCUT2D eigenvalue weighted by Crippen LogP contribution is -2.32. The van der Waals surface area contributed by atoms with Gasteiger partial charge in [0.1, 0.15) is 5.69 Å². The van der Waals surface area contributed by atoms with E-state index < -0.39 is 5.82 Å². The molecule has 1 saturated heterocycles. The van der Waals surface area contributed by atoms with Crippen molar-refractivity contribution in [1.29, 1.82) is 0 Å². The third-order valence-electron chi connectivity index (χ3n) is 5.80. The summed E-state index contributed by atoms with van der Waals surface area (Å²) in [5.41, 5.74) is 3.66. The zero-order valence-corrected chi connectivity index (χ0v) is 18.9. The van der Waals surface area contributed by atoms with E-state index in [2.05, 4.69) is 40.8 Å². The van der Waals surface area contributed by atoms with Crippen molar-refractivity contribution in [3.8, 4) is 23.0 Å². The molecular weight excluding hydrogens is 419 g/mol. The Morgan fingerprint density at radius 2 is 1.75 bits per heavy atom. The number of aromatic nitrogens is 1. The van der Waals surface area contributed by atoms with Gasteiger partial charge in [-0.05, 0) is 79.2 Å². The van der Waals surface area contributed by atoms with E-state index in [0.29, 0.717) is 10.6 Å². The summed E-state index contributed by atoms with van der Waals surface area (Å²) >= 11 is 5.91. The summed E-state index contributed by atoms with van der Waals surface area (Å²) in [5.74, 6) is 6.27. The first-order valence-corrected chi connectivity index (χ1v) is 11.4. The molecule has 0 spiro atoms. The number of likely N-dealkylation sites (tertiary alicyclic amines) is 1. The minimum Gasteiger partial charge on any atom is -0.300 e. The maximum Gasteiger partial charge on any atom is 0.158 e. The van der Waals surface area contributed by atoms with E-state index in [1.165, 1.54) is 32.0 Å². The summed E-state index contributed by atoms with van der Waals surface area (Å²) in [6, 6.07) is 16.7. The van der Waals surface area contributed by atoms with Crippen LogP contribution in [0.3, 0.4) is 0 Å². The highest BCUT2D eigenvalue weighted by atomic mass is 35.5. The molecule has 4 rings (SSSR count). The van der Waals surface area contributed by atoms with Crippen molar-refractivity contribution in [2.75, 3.05) is 19.6 Å². The van der Waals surface area contributed by atoms with Gasteiger partial charge >= 0.3 is 0 Å². The molecule has 1 aliphatic rings. The number of piperidine rings is 1. The van der Waals surface area contributed by atoms with E-state index in [1.54, 1.807) is 18.3 Å². The molecule has 0 unspecified atom stereocenters. The van der Waals surface area contributed by atoms with E-state index in [-0.39, 0.29) is 5.69 Å². The van der Waals surface area contributed by atoms with Crippen LogP contribution in [-0.4, -0.2) is 29.5 Å². The maximum atomic E-state index is 14.5. The molecule has 1 fully saturated rings. The van der Waals surface area contributed by atoms with Crippen molar-refractivity contribution in [1.82, 2.24) is 9.88 Å². The molecule has 1 aliphatic heterocycles. The lowest BCUT2D eigenvalue weighted by atomic mass is 9.99. The molecule has 2 aromatic carbocycles. The highest BCUT2D eigenvalue weighted by Gasteiger charge is 2.13.